The van der Waals surface area contributed by atoms with Gasteiger partial charge in [0.25, 0.3) is 0 Å². The molecule has 1 atom stereocenters. The van der Waals surface area contributed by atoms with E-state index >= 15 is 0 Å². The Morgan fingerprint density at radius 3 is 2.20 bits per heavy atom. The molecule has 0 bridgehead atoms. The fourth-order valence-electron chi connectivity index (χ4n) is 0.869. The van der Waals surface area contributed by atoms with Crippen LogP contribution >= 0.6 is 46.6 Å². The maximum absolute atomic E-state index is 10.7. The first-order valence-electron chi connectivity index (χ1n) is 3.96. The number of hydrogen-bond acceptors (Lipinski definition) is 2. The zero-order chi connectivity index (χ0) is 11.6. The summed E-state index contributed by atoms with van der Waals surface area (Å²) in [5.41, 5.74) is 0. The molecule has 1 aromatic rings. The third-order valence-electron chi connectivity index (χ3n) is 1.61. The van der Waals surface area contributed by atoms with Gasteiger partial charge in [0.05, 0.1) is 10.0 Å². The van der Waals surface area contributed by atoms with Gasteiger partial charge in [0.15, 0.2) is 0 Å². The van der Waals surface area contributed by atoms with Crippen molar-refractivity contribution in [3.8, 4) is 0 Å². The molecule has 1 N–H and O–H groups in total. The summed E-state index contributed by atoms with van der Waals surface area (Å²) in [7, 11) is 0. The van der Waals surface area contributed by atoms with Crippen LogP contribution in [0.4, 0.5) is 0 Å². The Hall–Kier alpha value is -0.0900. The highest BCUT2D eigenvalue weighted by Gasteiger charge is 2.17. The minimum absolute atomic E-state index is 0.366. The van der Waals surface area contributed by atoms with Crippen molar-refractivity contribution in [1.29, 1.82) is 0 Å². The van der Waals surface area contributed by atoms with E-state index in [1.165, 1.54) is 12.1 Å². The van der Waals surface area contributed by atoms with Crippen molar-refractivity contribution in [3.05, 3.63) is 27.2 Å². The van der Waals surface area contributed by atoms with Crippen LogP contribution in [0.2, 0.25) is 15.1 Å². The number of carbonyl (C=O) groups is 1. The molecule has 2 nitrogen and oxygen atoms in total. The van der Waals surface area contributed by atoms with Crippen molar-refractivity contribution >= 4 is 52.5 Å². The summed E-state index contributed by atoms with van der Waals surface area (Å²) in [6.07, 6.45) is 0. The summed E-state index contributed by atoms with van der Waals surface area (Å²) in [5, 5.41) is 9.30. The van der Waals surface area contributed by atoms with Crippen molar-refractivity contribution < 1.29 is 9.90 Å². The molecule has 0 aliphatic heterocycles. The molecule has 6 heteroatoms. The highest BCUT2D eigenvalue weighted by atomic mass is 35.5. The summed E-state index contributed by atoms with van der Waals surface area (Å²) in [6, 6.07) is 3.07. The Kier molecular flexibility index (Phi) is 4.59. The maximum atomic E-state index is 10.7. The molecule has 0 aliphatic carbocycles. The van der Waals surface area contributed by atoms with Gasteiger partial charge >= 0.3 is 5.97 Å². The Labute approximate surface area is 107 Å². The van der Waals surface area contributed by atoms with Crippen molar-refractivity contribution in [2.75, 3.05) is 0 Å². The monoisotopic (exact) mass is 284 g/mol. The van der Waals surface area contributed by atoms with Gasteiger partial charge in [-0.05, 0) is 19.1 Å². The molecule has 0 fully saturated rings. The number of thioether (sulfide) groups is 1. The van der Waals surface area contributed by atoms with Crippen LogP contribution in [0, 0.1) is 0 Å². The van der Waals surface area contributed by atoms with Crippen molar-refractivity contribution in [2.45, 2.75) is 17.1 Å². The highest BCUT2D eigenvalue weighted by Crippen LogP contribution is 2.38. The van der Waals surface area contributed by atoms with Gasteiger partial charge in [-0.15, -0.1) is 11.8 Å². The molecule has 15 heavy (non-hydrogen) atoms. The van der Waals surface area contributed by atoms with E-state index in [1.54, 1.807) is 6.92 Å². The molecular formula is C9H7Cl3O2S. The second-order valence-electron chi connectivity index (χ2n) is 2.80. The van der Waals surface area contributed by atoms with Gasteiger partial charge in [0, 0.05) is 9.92 Å². The Morgan fingerprint density at radius 1 is 1.33 bits per heavy atom. The standard InChI is InChI=1S/C9H7Cl3O2S/c1-4(9(13)14)15-8-6(11)2-5(10)3-7(8)12/h2-4H,1H3,(H,13,14). The number of carboxylic acids is 1. The van der Waals surface area contributed by atoms with Crippen LogP contribution in [0.3, 0.4) is 0 Å². The fourth-order valence-corrected chi connectivity index (χ4v) is 2.75. The number of carboxylic acid groups (broad SMARTS) is 1. The summed E-state index contributed by atoms with van der Waals surface area (Å²) in [4.78, 5) is 11.2. The lowest BCUT2D eigenvalue weighted by atomic mass is 10.3. The van der Waals surface area contributed by atoms with Crippen molar-refractivity contribution in [2.24, 2.45) is 0 Å². The average molecular weight is 286 g/mol. The highest BCUT2D eigenvalue weighted by molar-refractivity contribution is 8.00. The van der Waals surface area contributed by atoms with Gasteiger partial charge in [-0.1, -0.05) is 34.8 Å². The topological polar surface area (TPSA) is 37.3 Å². The number of benzene rings is 1. The predicted molar refractivity (Wildman–Crippen MR) is 64.4 cm³/mol. The number of aliphatic carboxylic acids is 1. The van der Waals surface area contributed by atoms with Crippen molar-refractivity contribution in [3.63, 3.8) is 0 Å². The summed E-state index contributed by atoms with van der Waals surface area (Å²) in [6.45, 7) is 1.56. The third-order valence-corrected chi connectivity index (χ3v) is 3.87. The molecule has 0 saturated carbocycles. The smallest absolute Gasteiger partial charge is 0.316 e. The molecule has 0 aliphatic rings. The lowest BCUT2D eigenvalue weighted by Gasteiger charge is -2.09. The Morgan fingerprint density at radius 2 is 1.80 bits per heavy atom. The van der Waals surface area contributed by atoms with Crippen LogP contribution in [0.1, 0.15) is 6.92 Å². The van der Waals surface area contributed by atoms with Crippen molar-refractivity contribution in [1.82, 2.24) is 0 Å². The van der Waals surface area contributed by atoms with Gasteiger partial charge in [-0.3, -0.25) is 4.79 Å². The number of rotatable bonds is 3. The van der Waals surface area contributed by atoms with Crippen LogP contribution < -0.4 is 0 Å². The van der Waals surface area contributed by atoms with Gasteiger partial charge in [-0.25, -0.2) is 0 Å². The van der Waals surface area contributed by atoms with Crippen LogP contribution in [0.15, 0.2) is 17.0 Å². The second-order valence-corrected chi connectivity index (χ2v) is 5.40. The van der Waals surface area contributed by atoms with E-state index in [-0.39, 0.29) is 0 Å². The zero-order valence-corrected chi connectivity index (χ0v) is 10.7. The van der Waals surface area contributed by atoms with E-state index in [0.717, 1.165) is 11.8 Å². The summed E-state index contributed by atoms with van der Waals surface area (Å²) < 4.78 is 0. The van der Waals surface area contributed by atoms with Gasteiger partial charge in [-0.2, -0.15) is 0 Å². The van der Waals surface area contributed by atoms with Crippen LogP contribution in [-0.2, 0) is 4.79 Å². The molecule has 0 heterocycles. The largest absolute Gasteiger partial charge is 0.480 e. The first kappa shape index (κ1) is 13.0. The SMILES string of the molecule is CC(Sc1c(Cl)cc(Cl)cc1Cl)C(=O)O. The van der Waals surface area contributed by atoms with E-state index in [4.69, 9.17) is 39.9 Å². The maximum Gasteiger partial charge on any atom is 0.316 e. The Bertz CT molecular complexity index is 372. The first-order chi connectivity index (χ1) is 6.91. The number of halogens is 3. The van der Waals surface area contributed by atoms with Crippen LogP contribution in [-0.4, -0.2) is 16.3 Å². The molecule has 1 aromatic carbocycles. The fraction of sp³-hybridized carbons (Fsp3) is 0.222. The predicted octanol–water partition coefficient (Wildman–Crippen LogP) is 4.21. The summed E-state index contributed by atoms with van der Waals surface area (Å²) >= 11 is 18.6. The molecule has 82 valence electrons. The zero-order valence-electron chi connectivity index (χ0n) is 7.63. The quantitative estimate of drug-likeness (QED) is 0.845. The van der Waals surface area contributed by atoms with E-state index < -0.39 is 11.2 Å². The molecule has 0 amide bonds. The average Bonchev–Trinajstić information content (AvgIpc) is 2.10. The second kappa shape index (κ2) is 5.30. The minimum atomic E-state index is -0.915. The van der Waals surface area contributed by atoms with E-state index in [9.17, 15) is 4.79 Å². The number of hydrogen-bond donors (Lipinski definition) is 1. The lowest BCUT2D eigenvalue weighted by molar-refractivity contribution is -0.136. The van der Waals surface area contributed by atoms with E-state index in [0.29, 0.717) is 20.0 Å². The molecule has 0 aromatic heterocycles. The molecule has 0 spiro atoms. The van der Waals surface area contributed by atoms with Crippen LogP contribution in [0.25, 0.3) is 0 Å². The van der Waals surface area contributed by atoms with Gasteiger partial charge < -0.3 is 5.11 Å². The molecule has 1 unspecified atom stereocenters. The lowest BCUT2D eigenvalue weighted by Crippen LogP contribution is -2.11. The first-order valence-corrected chi connectivity index (χ1v) is 5.97. The minimum Gasteiger partial charge on any atom is -0.480 e. The molecule has 0 radical (unpaired) electrons. The normalized spacial score (nSPS) is 12.5. The third kappa shape index (κ3) is 3.45. The van der Waals surface area contributed by atoms with E-state index in [1.807, 2.05) is 0 Å². The van der Waals surface area contributed by atoms with Gasteiger partial charge in [0.2, 0.25) is 0 Å². The van der Waals surface area contributed by atoms with E-state index in [2.05, 4.69) is 0 Å². The molecule has 1 rings (SSSR count). The van der Waals surface area contributed by atoms with Crippen LogP contribution in [0.5, 0.6) is 0 Å². The Balaban J connectivity index is 3.00. The van der Waals surface area contributed by atoms with Gasteiger partial charge in [0.1, 0.15) is 5.25 Å². The molecular weight excluding hydrogens is 279 g/mol. The summed E-state index contributed by atoms with van der Waals surface area (Å²) in [5.74, 6) is -0.915. The molecule has 0 saturated heterocycles.